The van der Waals surface area contributed by atoms with Gasteiger partial charge in [-0.2, -0.15) is 0 Å². The maximum atomic E-state index is 14.3. The molecule has 3 fully saturated rings. The molecule has 4 aliphatic rings. The average molecular weight is 504 g/mol. The van der Waals surface area contributed by atoms with Crippen molar-refractivity contribution in [3.8, 4) is 5.75 Å². The molecule has 0 aromatic carbocycles. The minimum Gasteiger partial charge on any atom is -0.487 e. The number of rotatable bonds is 6. The van der Waals surface area contributed by atoms with E-state index in [4.69, 9.17) is 15.2 Å². The summed E-state index contributed by atoms with van der Waals surface area (Å²) in [6.45, 7) is 4.27. The topological polar surface area (TPSA) is 93.8 Å². The Labute approximate surface area is 210 Å². The van der Waals surface area contributed by atoms with Gasteiger partial charge < -0.3 is 25.0 Å². The number of nitrogens with zero attached hydrogens (tertiary/aromatic N) is 4. The van der Waals surface area contributed by atoms with Crippen LogP contribution in [0, 0.1) is 11.8 Å². The number of nitrogens with two attached hydrogens (primary N) is 1. The lowest BCUT2D eigenvalue weighted by Crippen LogP contribution is -2.43. The first kappa shape index (κ1) is 24.9. The molecule has 1 amide bonds. The van der Waals surface area contributed by atoms with Gasteiger partial charge in [0.1, 0.15) is 18.1 Å². The lowest BCUT2D eigenvalue weighted by Gasteiger charge is -2.36. The summed E-state index contributed by atoms with van der Waals surface area (Å²) >= 11 is 0. The monoisotopic (exact) mass is 503 g/mol. The number of carbonyl (C=O) groups excluding carboxylic acids is 1. The SMILES string of the molecule is C[C@H](Oc1cnc(N2C[C@H](C3=CC(F)CC=C3F)[C@@H](N)C2)nc1)C1CCN(C(=O)OC2CCC2)CC1. The highest BCUT2D eigenvalue weighted by Crippen LogP contribution is 2.34. The standard InChI is InChI=1S/C26H35F2N5O3/c1-16(17-7-9-32(10-8-17)26(34)36-19-3-2-4-19)35-20-12-30-25(31-13-20)33-14-22(24(29)15-33)21-11-18(27)5-6-23(21)28/h6,11-13,16-19,22,24H,2-5,7-10,14-15,29H2,1H3/t16-,18?,22+,24-/m0/s1. The lowest BCUT2D eigenvalue weighted by atomic mass is 9.89. The van der Waals surface area contributed by atoms with E-state index in [1.807, 2.05) is 11.8 Å². The first-order valence-electron chi connectivity index (χ1n) is 13.0. The number of likely N-dealkylation sites (tertiary alicyclic amines) is 1. The zero-order chi connectivity index (χ0) is 25.2. The summed E-state index contributed by atoms with van der Waals surface area (Å²) in [5.74, 6) is 0.689. The molecule has 4 atom stereocenters. The molecule has 0 radical (unpaired) electrons. The molecule has 10 heteroatoms. The molecule has 2 N–H and O–H groups in total. The molecular formula is C26H35F2N5O3. The van der Waals surface area contributed by atoms with Gasteiger partial charge in [-0.1, -0.05) is 0 Å². The van der Waals surface area contributed by atoms with Crippen LogP contribution in [-0.2, 0) is 4.74 Å². The third kappa shape index (κ3) is 5.48. The van der Waals surface area contributed by atoms with Crippen molar-refractivity contribution >= 4 is 12.0 Å². The highest BCUT2D eigenvalue weighted by molar-refractivity contribution is 5.68. The van der Waals surface area contributed by atoms with Gasteiger partial charge in [0.25, 0.3) is 0 Å². The normalized spacial score (nSPS) is 28.3. The van der Waals surface area contributed by atoms with Crippen molar-refractivity contribution < 1.29 is 23.0 Å². The van der Waals surface area contributed by atoms with Gasteiger partial charge in [-0.3, -0.25) is 0 Å². The second-order valence-corrected chi connectivity index (χ2v) is 10.4. The van der Waals surface area contributed by atoms with Crippen LogP contribution in [-0.4, -0.2) is 71.6 Å². The fourth-order valence-corrected chi connectivity index (χ4v) is 5.40. The molecular weight excluding hydrogens is 468 g/mol. The Kier molecular flexibility index (Phi) is 7.41. The minimum atomic E-state index is -1.18. The number of hydrogen-bond acceptors (Lipinski definition) is 7. The molecule has 5 rings (SSSR count). The molecule has 2 aliphatic carbocycles. The molecule has 8 nitrogen and oxygen atoms in total. The number of alkyl halides is 1. The number of amides is 1. The smallest absolute Gasteiger partial charge is 0.410 e. The Morgan fingerprint density at radius 3 is 2.56 bits per heavy atom. The summed E-state index contributed by atoms with van der Waals surface area (Å²) in [5.41, 5.74) is 6.62. The van der Waals surface area contributed by atoms with Crippen LogP contribution in [0.3, 0.4) is 0 Å². The van der Waals surface area contributed by atoms with Crippen molar-refractivity contribution in [3.05, 3.63) is 35.9 Å². The van der Waals surface area contributed by atoms with Crippen LogP contribution in [0.2, 0.25) is 0 Å². The molecule has 36 heavy (non-hydrogen) atoms. The van der Waals surface area contributed by atoms with Crippen molar-refractivity contribution in [2.45, 2.75) is 69.9 Å². The van der Waals surface area contributed by atoms with Crippen molar-refractivity contribution in [1.82, 2.24) is 14.9 Å². The number of carbonyl (C=O) groups is 1. The van der Waals surface area contributed by atoms with E-state index in [9.17, 15) is 13.6 Å². The predicted octanol–water partition coefficient (Wildman–Crippen LogP) is 3.93. The van der Waals surface area contributed by atoms with Gasteiger partial charge in [0, 0.05) is 44.6 Å². The van der Waals surface area contributed by atoms with Gasteiger partial charge in [0.2, 0.25) is 5.95 Å². The number of allylic oxidation sites excluding steroid dienone is 3. The fraction of sp³-hybridized carbons (Fsp3) is 0.654. The number of halogens is 2. The number of hydrogen-bond donors (Lipinski definition) is 1. The molecule has 1 aromatic heterocycles. The Bertz CT molecular complexity index is 992. The summed E-state index contributed by atoms with van der Waals surface area (Å²) in [5, 5.41) is 0. The zero-order valence-corrected chi connectivity index (χ0v) is 20.7. The van der Waals surface area contributed by atoms with Crippen LogP contribution in [0.5, 0.6) is 5.75 Å². The van der Waals surface area contributed by atoms with E-state index in [0.29, 0.717) is 49.4 Å². The molecule has 0 spiro atoms. The van der Waals surface area contributed by atoms with Crippen LogP contribution in [0.4, 0.5) is 19.5 Å². The highest BCUT2D eigenvalue weighted by Gasteiger charge is 2.37. The second kappa shape index (κ2) is 10.7. The largest absolute Gasteiger partial charge is 0.487 e. The third-order valence-electron chi connectivity index (χ3n) is 7.92. The Morgan fingerprint density at radius 2 is 1.89 bits per heavy atom. The molecule has 196 valence electrons. The van der Waals surface area contributed by atoms with Crippen molar-refractivity contribution in [1.29, 1.82) is 0 Å². The van der Waals surface area contributed by atoms with Crippen molar-refractivity contribution in [3.63, 3.8) is 0 Å². The van der Waals surface area contributed by atoms with Gasteiger partial charge in [0.15, 0.2) is 5.75 Å². The van der Waals surface area contributed by atoms with Crippen LogP contribution in [0.15, 0.2) is 35.9 Å². The van der Waals surface area contributed by atoms with Gasteiger partial charge in [0.05, 0.1) is 18.5 Å². The van der Waals surface area contributed by atoms with Crippen LogP contribution < -0.4 is 15.4 Å². The molecule has 1 aromatic rings. The van der Waals surface area contributed by atoms with Gasteiger partial charge in [-0.25, -0.2) is 23.5 Å². The first-order chi connectivity index (χ1) is 17.4. The summed E-state index contributed by atoms with van der Waals surface area (Å²) in [6.07, 6.45) is 9.49. The van der Waals surface area contributed by atoms with Crippen molar-refractivity contribution in [2.75, 3.05) is 31.1 Å². The van der Waals surface area contributed by atoms with Crippen LogP contribution in [0.25, 0.3) is 0 Å². The summed E-state index contributed by atoms with van der Waals surface area (Å²) in [6, 6.07) is -0.336. The highest BCUT2D eigenvalue weighted by atomic mass is 19.1. The minimum absolute atomic E-state index is 0.0458. The third-order valence-corrected chi connectivity index (χ3v) is 7.92. The van der Waals surface area contributed by atoms with E-state index in [1.54, 1.807) is 17.3 Å². The summed E-state index contributed by atoms with van der Waals surface area (Å²) < 4.78 is 39.7. The Balaban J connectivity index is 1.11. The van der Waals surface area contributed by atoms with E-state index in [2.05, 4.69) is 9.97 Å². The number of piperidine rings is 1. The zero-order valence-electron chi connectivity index (χ0n) is 20.7. The second-order valence-electron chi connectivity index (χ2n) is 10.4. The van der Waals surface area contributed by atoms with E-state index >= 15 is 0 Å². The average Bonchev–Trinajstić information content (AvgIpc) is 3.24. The fourth-order valence-electron chi connectivity index (χ4n) is 5.40. The number of ether oxygens (including phenoxy) is 2. The van der Waals surface area contributed by atoms with Crippen LogP contribution >= 0.6 is 0 Å². The molecule has 0 bridgehead atoms. The summed E-state index contributed by atoms with van der Waals surface area (Å²) in [4.78, 5) is 24.9. The Morgan fingerprint density at radius 1 is 1.17 bits per heavy atom. The lowest BCUT2D eigenvalue weighted by molar-refractivity contribution is 0.0143. The maximum Gasteiger partial charge on any atom is 0.410 e. The predicted molar refractivity (Wildman–Crippen MR) is 131 cm³/mol. The number of anilines is 1. The van der Waals surface area contributed by atoms with Crippen LogP contribution in [0.1, 0.15) is 45.4 Å². The van der Waals surface area contributed by atoms with Gasteiger partial charge in [-0.15, -0.1) is 0 Å². The quantitative estimate of drug-likeness (QED) is 0.629. The first-order valence-corrected chi connectivity index (χ1v) is 13.0. The Hall–Kier alpha value is -2.75. The van der Waals surface area contributed by atoms with Gasteiger partial charge in [-0.05, 0) is 62.7 Å². The van der Waals surface area contributed by atoms with E-state index in [0.717, 1.165) is 32.1 Å². The van der Waals surface area contributed by atoms with Gasteiger partial charge >= 0.3 is 6.09 Å². The van der Waals surface area contributed by atoms with E-state index in [-0.39, 0.29) is 42.5 Å². The van der Waals surface area contributed by atoms with Crippen molar-refractivity contribution in [2.24, 2.45) is 17.6 Å². The summed E-state index contributed by atoms with van der Waals surface area (Å²) in [7, 11) is 0. The van der Waals surface area contributed by atoms with E-state index < -0.39 is 6.17 Å². The molecule has 3 heterocycles. The van der Waals surface area contributed by atoms with E-state index in [1.165, 1.54) is 12.2 Å². The number of aromatic nitrogens is 2. The molecule has 2 saturated heterocycles. The molecule has 1 saturated carbocycles. The molecule has 2 aliphatic heterocycles. The molecule has 1 unspecified atom stereocenters. The maximum absolute atomic E-state index is 14.3.